The second-order valence-electron chi connectivity index (χ2n) is 5.97. The number of benzene rings is 2. The lowest BCUT2D eigenvalue weighted by Gasteiger charge is -2.09. The van der Waals surface area contributed by atoms with Crippen LogP contribution in [-0.4, -0.2) is 32.4 Å². The predicted octanol–water partition coefficient (Wildman–Crippen LogP) is 4.47. The lowest BCUT2D eigenvalue weighted by molar-refractivity contribution is -0.139. The number of methoxy groups -OCH3 is 2. The van der Waals surface area contributed by atoms with Crippen LogP contribution in [0, 0.1) is 0 Å². The van der Waals surface area contributed by atoms with Crippen molar-refractivity contribution < 1.29 is 28.2 Å². The highest BCUT2D eigenvalue weighted by molar-refractivity contribution is 7.99. The summed E-state index contributed by atoms with van der Waals surface area (Å²) in [4.78, 5) is 24.0. The fourth-order valence-electron chi connectivity index (χ4n) is 3.00. The first-order chi connectivity index (χ1) is 13.5. The van der Waals surface area contributed by atoms with E-state index >= 15 is 0 Å². The third-order valence-electron chi connectivity index (χ3n) is 4.20. The number of hydrogen-bond donors (Lipinski definition) is 0. The Labute approximate surface area is 166 Å². The molecule has 0 amide bonds. The molecule has 0 aliphatic heterocycles. The Bertz CT molecular complexity index is 1040. The van der Waals surface area contributed by atoms with Gasteiger partial charge in [-0.2, -0.15) is 0 Å². The molecule has 0 aliphatic rings. The smallest absolute Gasteiger partial charge is 0.310 e. The normalized spacial score (nSPS) is 10.7. The van der Waals surface area contributed by atoms with Crippen molar-refractivity contribution in [1.82, 2.24) is 0 Å². The van der Waals surface area contributed by atoms with E-state index in [1.165, 1.54) is 32.9 Å². The number of thioether (sulfide) groups is 1. The summed E-state index contributed by atoms with van der Waals surface area (Å²) in [6.45, 7) is 1.33. The van der Waals surface area contributed by atoms with Crippen molar-refractivity contribution in [3.8, 4) is 22.8 Å². The van der Waals surface area contributed by atoms with E-state index in [9.17, 15) is 9.59 Å². The van der Waals surface area contributed by atoms with Gasteiger partial charge in [-0.05, 0) is 36.1 Å². The molecule has 28 heavy (non-hydrogen) atoms. The summed E-state index contributed by atoms with van der Waals surface area (Å²) in [5, 5.41) is 0.887. The van der Waals surface area contributed by atoms with Gasteiger partial charge >= 0.3 is 11.9 Å². The topological polar surface area (TPSA) is 75.0 Å². The quantitative estimate of drug-likeness (QED) is 0.343. The van der Waals surface area contributed by atoms with Crippen LogP contribution in [0.5, 0.6) is 11.5 Å². The molecule has 0 fully saturated rings. The van der Waals surface area contributed by atoms with E-state index in [0.717, 1.165) is 21.4 Å². The molecule has 146 valence electrons. The summed E-state index contributed by atoms with van der Waals surface area (Å²) in [5.41, 5.74) is 2.30. The molecule has 0 N–H and O–H groups in total. The number of fused-ring (bicyclic) bond motifs is 1. The van der Waals surface area contributed by atoms with Gasteiger partial charge in [0.15, 0.2) is 11.5 Å². The van der Waals surface area contributed by atoms with Crippen molar-refractivity contribution in [2.75, 3.05) is 20.5 Å². The van der Waals surface area contributed by atoms with Gasteiger partial charge < -0.3 is 18.6 Å². The van der Waals surface area contributed by atoms with E-state index < -0.39 is 5.97 Å². The van der Waals surface area contributed by atoms with Gasteiger partial charge in [0.25, 0.3) is 0 Å². The first-order valence-electron chi connectivity index (χ1n) is 8.50. The molecule has 1 heterocycles. The number of esters is 2. The monoisotopic (exact) mass is 400 g/mol. The lowest BCUT2D eigenvalue weighted by atomic mass is 10.1. The maximum absolute atomic E-state index is 11.8. The number of rotatable bonds is 6. The van der Waals surface area contributed by atoms with Gasteiger partial charge in [0.2, 0.25) is 0 Å². The molecule has 0 radical (unpaired) electrons. The van der Waals surface area contributed by atoms with Crippen molar-refractivity contribution in [1.29, 1.82) is 0 Å². The van der Waals surface area contributed by atoms with Crippen LogP contribution >= 0.6 is 11.8 Å². The fourth-order valence-corrected chi connectivity index (χ4v) is 3.78. The van der Waals surface area contributed by atoms with Crippen molar-refractivity contribution >= 4 is 34.7 Å². The van der Waals surface area contributed by atoms with Gasteiger partial charge in [0.05, 0.1) is 25.5 Å². The van der Waals surface area contributed by atoms with Crippen LogP contribution in [0.3, 0.4) is 0 Å². The molecular weight excluding hydrogens is 380 g/mol. The van der Waals surface area contributed by atoms with Crippen LogP contribution in [-0.2, 0) is 20.7 Å². The number of carbonyl (C=O) groups excluding carboxylic acids is 2. The fraction of sp³-hybridized carbons (Fsp3) is 0.238. The minimum Gasteiger partial charge on any atom is -0.493 e. The zero-order valence-electron chi connectivity index (χ0n) is 16.0. The van der Waals surface area contributed by atoms with Crippen LogP contribution in [0.15, 0.2) is 45.7 Å². The van der Waals surface area contributed by atoms with Crippen LogP contribution in [0.4, 0.5) is 0 Å². The molecule has 1 aromatic heterocycles. The first-order valence-corrected chi connectivity index (χ1v) is 9.73. The number of furan rings is 1. The van der Waals surface area contributed by atoms with Crippen LogP contribution < -0.4 is 9.47 Å². The minimum absolute atomic E-state index is 0.162. The molecule has 7 heteroatoms. The van der Waals surface area contributed by atoms with Gasteiger partial charge in [-0.25, -0.2) is 0 Å². The van der Waals surface area contributed by atoms with E-state index in [2.05, 4.69) is 0 Å². The zero-order valence-corrected chi connectivity index (χ0v) is 16.8. The van der Waals surface area contributed by atoms with Crippen LogP contribution in [0.25, 0.3) is 22.3 Å². The van der Waals surface area contributed by atoms with Gasteiger partial charge in [-0.1, -0.05) is 12.1 Å². The standard InChI is InChI=1S/C21H20O6S/c1-12(22)26-15-9-8-14(10-17(15)24-2)20-21(28-4)19-13(11-18(23)25-3)6-5-7-16(19)27-20/h5-10H,11H2,1-4H3. The molecular formula is C21H20O6S. The Morgan fingerprint density at radius 3 is 2.54 bits per heavy atom. The average molecular weight is 400 g/mol. The van der Waals surface area contributed by atoms with Gasteiger partial charge in [0.1, 0.15) is 11.3 Å². The molecule has 0 bridgehead atoms. The third kappa shape index (κ3) is 3.84. The second-order valence-corrected chi connectivity index (χ2v) is 6.78. The molecule has 0 aliphatic carbocycles. The van der Waals surface area contributed by atoms with Crippen molar-refractivity contribution in [2.24, 2.45) is 0 Å². The largest absolute Gasteiger partial charge is 0.493 e. The molecule has 0 atom stereocenters. The number of hydrogen-bond acceptors (Lipinski definition) is 7. The SMILES string of the molecule is COC(=O)Cc1cccc2oc(-c3ccc(OC(C)=O)c(OC)c3)c(SC)c12. The number of carbonyl (C=O) groups is 2. The molecule has 0 saturated carbocycles. The maximum atomic E-state index is 11.8. The van der Waals surface area contributed by atoms with E-state index in [1.54, 1.807) is 18.2 Å². The van der Waals surface area contributed by atoms with Gasteiger partial charge in [-0.15, -0.1) is 11.8 Å². The second kappa shape index (κ2) is 8.39. The Hall–Kier alpha value is -2.93. The van der Waals surface area contributed by atoms with Crippen LogP contribution in [0.1, 0.15) is 12.5 Å². The van der Waals surface area contributed by atoms with E-state index in [4.69, 9.17) is 18.6 Å². The highest BCUT2D eigenvalue weighted by atomic mass is 32.2. The summed E-state index contributed by atoms with van der Waals surface area (Å²) in [5.74, 6) is 0.691. The molecule has 0 spiro atoms. The Balaban J connectivity index is 2.14. The Morgan fingerprint density at radius 2 is 1.89 bits per heavy atom. The van der Waals surface area contributed by atoms with E-state index in [1.807, 2.05) is 24.5 Å². The predicted molar refractivity (Wildman–Crippen MR) is 107 cm³/mol. The Morgan fingerprint density at radius 1 is 1.11 bits per heavy atom. The average Bonchev–Trinajstić information content (AvgIpc) is 3.07. The first kappa shape index (κ1) is 19.8. The molecule has 0 unspecified atom stereocenters. The van der Waals surface area contributed by atoms with E-state index in [0.29, 0.717) is 22.8 Å². The molecule has 3 aromatic rings. The minimum atomic E-state index is -0.424. The zero-order chi connectivity index (χ0) is 20.3. The molecule has 3 rings (SSSR count). The van der Waals surface area contributed by atoms with Crippen LogP contribution in [0.2, 0.25) is 0 Å². The molecule has 6 nitrogen and oxygen atoms in total. The summed E-state index contributed by atoms with van der Waals surface area (Å²) in [6.07, 6.45) is 2.11. The van der Waals surface area contributed by atoms with E-state index in [-0.39, 0.29) is 12.4 Å². The lowest BCUT2D eigenvalue weighted by Crippen LogP contribution is -2.04. The highest BCUT2D eigenvalue weighted by Crippen LogP contribution is 2.43. The summed E-state index contributed by atoms with van der Waals surface area (Å²) in [7, 11) is 2.88. The van der Waals surface area contributed by atoms with Gasteiger partial charge in [-0.3, -0.25) is 9.59 Å². The van der Waals surface area contributed by atoms with Crippen molar-refractivity contribution in [2.45, 2.75) is 18.2 Å². The summed E-state index contributed by atoms with van der Waals surface area (Å²) >= 11 is 1.53. The highest BCUT2D eigenvalue weighted by Gasteiger charge is 2.21. The number of ether oxygens (including phenoxy) is 3. The Kier molecular flexibility index (Phi) is 5.94. The molecule has 2 aromatic carbocycles. The maximum Gasteiger partial charge on any atom is 0.310 e. The van der Waals surface area contributed by atoms with Gasteiger partial charge in [0, 0.05) is 17.9 Å². The molecule has 0 saturated heterocycles. The third-order valence-corrected chi connectivity index (χ3v) is 5.00. The van der Waals surface area contributed by atoms with Crippen molar-refractivity contribution in [3.63, 3.8) is 0 Å². The summed E-state index contributed by atoms with van der Waals surface area (Å²) < 4.78 is 21.5. The van der Waals surface area contributed by atoms with Crippen molar-refractivity contribution in [3.05, 3.63) is 42.0 Å². The summed E-state index contributed by atoms with van der Waals surface area (Å²) in [6, 6.07) is 10.8.